The van der Waals surface area contributed by atoms with Crippen molar-refractivity contribution in [3.05, 3.63) is 15.6 Å². The highest BCUT2D eigenvalue weighted by Crippen LogP contribution is 2.23. The first-order chi connectivity index (χ1) is 8.60. The van der Waals surface area contributed by atoms with Crippen molar-refractivity contribution in [3.8, 4) is 0 Å². The van der Waals surface area contributed by atoms with Gasteiger partial charge in [-0.05, 0) is 39.8 Å². The number of likely N-dealkylation sites (tertiary alicyclic amines) is 1. The fraction of sp³-hybridized carbons (Fsp3) is 0.692. The Bertz CT molecular complexity index is 422. The summed E-state index contributed by atoms with van der Waals surface area (Å²) in [5.41, 5.74) is 1.16. The molecule has 2 rings (SSSR count). The summed E-state index contributed by atoms with van der Waals surface area (Å²) in [6, 6.07) is 0. The van der Waals surface area contributed by atoms with Crippen LogP contribution in [-0.2, 0) is 11.3 Å². The molecule has 5 heteroatoms. The molecule has 100 valence electrons. The number of thiazole rings is 1. The van der Waals surface area contributed by atoms with Gasteiger partial charge in [0.05, 0.1) is 10.7 Å². The van der Waals surface area contributed by atoms with Gasteiger partial charge < -0.3 is 5.32 Å². The molecule has 0 bridgehead atoms. The van der Waals surface area contributed by atoms with E-state index in [2.05, 4.69) is 29.0 Å². The Morgan fingerprint density at radius 2 is 2.11 bits per heavy atom. The number of aryl methyl sites for hydroxylation is 2. The van der Waals surface area contributed by atoms with Crippen molar-refractivity contribution < 1.29 is 4.79 Å². The van der Waals surface area contributed by atoms with Gasteiger partial charge in [0.25, 0.3) is 0 Å². The van der Waals surface area contributed by atoms with E-state index < -0.39 is 0 Å². The molecule has 1 aromatic rings. The van der Waals surface area contributed by atoms with Gasteiger partial charge in [-0.15, -0.1) is 11.3 Å². The first kappa shape index (κ1) is 13.5. The van der Waals surface area contributed by atoms with Crippen LogP contribution in [0.25, 0.3) is 0 Å². The quantitative estimate of drug-likeness (QED) is 0.907. The Kier molecular flexibility index (Phi) is 4.35. The van der Waals surface area contributed by atoms with Crippen LogP contribution >= 0.6 is 11.3 Å². The van der Waals surface area contributed by atoms with Gasteiger partial charge in [0, 0.05) is 24.4 Å². The van der Waals surface area contributed by atoms with Crippen molar-refractivity contribution in [1.82, 2.24) is 15.2 Å². The monoisotopic (exact) mass is 267 g/mol. The zero-order valence-corrected chi connectivity index (χ0v) is 12.1. The second-order valence-electron chi connectivity index (χ2n) is 4.91. The molecule has 0 aliphatic carbocycles. The van der Waals surface area contributed by atoms with Crippen molar-refractivity contribution in [3.63, 3.8) is 0 Å². The molecule has 0 atom stereocenters. The average molecular weight is 267 g/mol. The molecule has 1 aliphatic rings. The van der Waals surface area contributed by atoms with E-state index in [0.717, 1.165) is 43.2 Å². The number of hydrogen-bond acceptors (Lipinski definition) is 4. The fourth-order valence-electron chi connectivity index (χ4n) is 2.48. The molecule has 1 N–H and O–H groups in total. The van der Waals surface area contributed by atoms with Gasteiger partial charge in [0.1, 0.15) is 0 Å². The molecule has 1 fully saturated rings. The third-order valence-electron chi connectivity index (χ3n) is 3.57. The third-order valence-corrected chi connectivity index (χ3v) is 4.63. The first-order valence-electron chi connectivity index (χ1n) is 6.47. The standard InChI is InChI=1S/C13H21N3OS/c1-9-12(18-10(2)15-9)8-16-6-4-11(5-7-16)13(17)14-3/h11H,4-8H2,1-3H3,(H,14,17). The Morgan fingerprint density at radius 1 is 1.44 bits per heavy atom. The molecule has 0 unspecified atom stereocenters. The van der Waals surface area contributed by atoms with Gasteiger partial charge >= 0.3 is 0 Å². The van der Waals surface area contributed by atoms with Crippen molar-refractivity contribution in [1.29, 1.82) is 0 Å². The van der Waals surface area contributed by atoms with Crippen molar-refractivity contribution in [2.75, 3.05) is 20.1 Å². The molecule has 4 nitrogen and oxygen atoms in total. The lowest BCUT2D eigenvalue weighted by Crippen LogP contribution is -2.39. The first-order valence-corrected chi connectivity index (χ1v) is 7.28. The number of hydrogen-bond donors (Lipinski definition) is 1. The summed E-state index contributed by atoms with van der Waals surface area (Å²) in [5, 5.41) is 3.89. The maximum Gasteiger partial charge on any atom is 0.222 e. The van der Waals surface area contributed by atoms with E-state index in [4.69, 9.17) is 0 Å². The van der Waals surface area contributed by atoms with Crippen LogP contribution in [0, 0.1) is 19.8 Å². The largest absolute Gasteiger partial charge is 0.359 e. The molecular formula is C13H21N3OS. The normalized spacial score (nSPS) is 17.9. The molecule has 1 aliphatic heterocycles. The van der Waals surface area contributed by atoms with Gasteiger partial charge in [0.15, 0.2) is 0 Å². The second kappa shape index (κ2) is 5.80. The minimum atomic E-state index is 0.194. The molecule has 0 spiro atoms. The van der Waals surface area contributed by atoms with E-state index in [1.165, 1.54) is 4.88 Å². The summed E-state index contributed by atoms with van der Waals surface area (Å²) >= 11 is 1.79. The van der Waals surface area contributed by atoms with E-state index in [1.807, 2.05) is 0 Å². The summed E-state index contributed by atoms with van der Waals surface area (Å²) in [6.07, 6.45) is 1.94. The molecule has 0 aromatic carbocycles. The maximum atomic E-state index is 11.6. The van der Waals surface area contributed by atoms with Gasteiger partial charge in [0.2, 0.25) is 5.91 Å². The predicted molar refractivity (Wildman–Crippen MR) is 73.7 cm³/mol. The van der Waals surface area contributed by atoms with Crippen LogP contribution in [0.1, 0.15) is 28.4 Å². The van der Waals surface area contributed by atoms with Gasteiger partial charge in [-0.25, -0.2) is 4.98 Å². The summed E-state index contributed by atoms with van der Waals surface area (Å²) < 4.78 is 0. The van der Waals surface area contributed by atoms with Crippen LogP contribution < -0.4 is 5.32 Å². The molecule has 1 saturated heterocycles. The predicted octanol–water partition coefficient (Wildman–Crippen LogP) is 1.72. The zero-order chi connectivity index (χ0) is 13.1. The smallest absolute Gasteiger partial charge is 0.222 e. The van der Waals surface area contributed by atoms with E-state index >= 15 is 0 Å². The van der Waals surface area contributed by atoms with Gasteiger partial charge in [-0.3, -0.25) is 9.69 Å². The summed E-state index contributed by atoms with van der Waals surface area (Å²) in [6.45, 7) is 7.13. The zero-order valence-electron chi connectivity index (χ0n) is 11.3. The van der Waals surface area contributed by atoms with Crippen LogP contribution in [0.15, 0.2) is 0 Å². The Labute approximate surface area is 112 Å². The fourth-order valence-corrected chi connectivity index (χ4v) is 3.46. The molecule has 0 saturated carbocycles. The summed E-state index contributed by atoms with van der Waals surface area (Å²) in [7, 11) is 1.72. The Morgan fingerprint density at radius 3 is 2.61 bits per heavy atom. The minimum absolute atomic E-state index is 0.194. The summed E-state index contributed by atoms with van der Waals surface area (Å²) in [4.78, 5) is 19.8. The number of carbonyl (C=O) groups excluding carboxylic acids is 1. The SMILES string of the molecule is CNC(=O)C1CCN(Cc2sc(C)nc2C)CC1. The van der Waals surface area contributed by atoms with Gasteiger partial charge in [-0.2, -0.15) is 0 Å². The topological polar surface area (TPSA) is 45.2 Å². The number of nitrogens with zero attached hydrogens (tertiary/aromatic N) is 2. The lowest BCUT2D eigenvalue weighted by atomic mass is 9.96. The van der Waals surface area contributed by atoms with Crippen molar-refractivity contribution in [2.45, 2.75) is 33.2 Å². The number of piperidine rings is 1. The van der Waals surface area contributed by atoms with Crippen LogP contribution in [-0.4, -0.2) is 35.9 Å². The van der Waals surface area contributed by atoms with Crippen LogP contribution in [0.3, 0.4) is 0 Å². The molecule has 0 radical (unpaired) electrons. The molecule has 18 heavy (non-hydrogen) atoms. The van der Waals surface area contributed by atoms with E-state index in [0.29, 0.717) is 0 Å². The minimum Gasteiger partial charge on any atom is -0.359 e. The summed E-state index contributed by atoms with van der Waals surface area (Å²) in [5.74, 6) is 0.398. The molecule has 2 heterocycles. The number of nitrogens with one attached hydrogen (secondary N) is 1. The Hall–Kier alpha value is -0.940. The lowest BCUT2D eigenvalue weighted by molar-refractivity contribution is -0.125. The highest BCUT2D eigenvalue weighted by atomic mass is 32.1. The number of carbonyl (C=O) groups is 1. The van der Waals surface area contributed by atoms with Crippen LogP contribution in [0.5, 0.6) is 0 Å². The number of amides is 1. The molecular weight excluding hydrogens is 246 g/mol. The maximum absolute atomic E-state index is 11.6. The van der Waals surface area contributed by atoms with E-state index in [-0.39, 0.29) is 11.8 Å². The number of aromatic nitrogens is 1. The van der Waals surface area contributed by atoms with Crippen LogP contribution in [0.4, 0.5) is 0 Å². The lowest BCUT2D eigenvalue weighted by Gasteiger charge is -2.30. The Balaban J connectivity index is 1.87. The second-order valence-corrected chi connectivity index (χ2v) is 6.19. The number of rotatable bonds is 3. The molecule has 1 aromatic heterocycles. The molecule has 1 amide bonds. The van der Waals surface area contributed by atoms with E-state index in [1.54, 1.807) is 18.4 Å². The highest BCUT2D eigenvalue weighted by Gasteiger charge is 2.24. The van der Waals surface area contributed by atoms with Crippen molar-refractivity contribution >= 4 is 17.2 Å². The van der Waals surface area contributed by atoms with Crippen LogP contribution in [0.2, 0.25) is 0 Å². The average Bonchev–Trinajstić information content (AvgIpc) is 2.68. The van der Waals surface area contributed by atoms with Crippen molar-refractivity contribution in [2.24, 2.45) is 5.92 Å². The van der Waals surface area contributed by atoms with E-state index in [9.17, 15) is 4.79 Å². The third kappa shape index (κ3) is 3.09. The van der Waals surface area contributed by atoms with Gasteiger partial charge in [-0.1, -0.05) is 0 Å². The highest BCUT2D eigenvalue weighted by molar-refractivity contribution is 7.11.